The number of nitrogens with zero attached hydrogens (tertiary/aromatic N) is 2. The molecule has 0 saturated carbocycles. The predicted molar refractivity (Wildman–Crippen MR) is 67.1 cm³/mol. The first kappa shape index (κ1) is 11.8. The topological polar surface area (TPSA) is 64.1 Å². The van der Waals surface area contributed by atoms with E-state index in [1.54, 1.807) is 6.20 Å². The molecule has 0 fully saturated rings. The van der Waals surface area contributed by atoms with Crippen LogP contribution in [0, 0.1) is 13.8 Å². The normalized spacial score (nSPS) is 12.7. The lowest BCUT2D eigenvalue weighted by molar-refractivity contribution is 0.186. The number of aliphatic hydroxyl groups is 1. The van der Waals surface area contributed by atoms with Crippen molar-refractivity contribution in [3.05, 3.63) is 47.4 Å². The Morgan fingerprint density at radius 2 is 1.88 bits per heavy atom. The van der Waals surface area contributed by atoms with Gasteiger partial charge in [0.25, 0.3) is 0 Å². The first-order chi connectivity index (χ1) is 8.13. The van der Waals surface area contributed by atoms with Gasteiger partial charge in [-0.05, 0) is 32.0 Å². The van der Waals surface area contributed by atoms with Crippen LogP contribution >= 0.6 is 0 Å². The molecule has 17 heavy (non-hydrogen) atoms. The molecule has 2 heterocycles. The molecule has 4 heteroatoms. The molecule has 3 N–H and O–H groups in total. The van der Waals surface area contributed by atoms with E-state index in [1.165, 1.54) is 0 Å². The maximum absolute atomic E-state index is 9.59. The number of aryl methyl sites for hydroxylation is 2. The lowest BCUT2D eigenvalue weighted by Crippen LogP contribution is -2.12. The van der Waals surface area contributed by atoms with Gasteiger partial charge in [0.2, 0.25) is 0 Å². The fraction of sp³-hybridized carbons (Fsp3) is 0.308. The second kappa shape index (κ2) is 4.69. The van der Waals surface area contributed by atoms with Crippen molar-refractivity contribution in [2.24, 2.45) is 5.73 Å². The molecule has 2 aromatic rings. The molecule has 0 saturated heterocycles. The van der Waals surface area contributed by atoms with Crippen LogP contribution in [0.25, 0.3) is 5.82 Å². The van der Waals surface area contributed by atoms with E-state index in [9.17, 15) is 5.11 Å². The minimum atomic E-state index is -0.636. The zero-order chi connectivity index (χ0) is 12.4. The molecular weight excluding hydrogens is 214 g/mol. The highest BCUT2D eigenvalue weighted by atomic mass is 16.3. The minimum Gasteiger partial charge on any atom is -0.387 e. The molecule has 0 spiro atoms. The molecular formula is C13H17N3O. The van der Waals surface area contributed by atoms with Crippen molar-refractivity contribution in [2.75, 3.05) is 6.54 Å². The van der Waals surface area contributed by atoms with Gasteiger partial charge in [-0.2, -0.15) is 0 Å². The van der Waals surface area contributed by atoms with Gasteiger partial charge in [-0.3, -0.25) is 0 Å². The molecule has 0 aliphatic carbocycles. The Morgan fingerprint density at radius 1 is 1.24 bits per heavy atom. The summed E-state index contributed by atoms with van der Waals surface area (Å²) in [7, 11) is 0. The van der Waals surface area contributed by atoms with Crippen molar-refractivity contribution < 1.29 is 5.11 Å². The van der Waals surface area contributed by atoms with Gasteiger partial charge < -0.3 is 15.4 Å². The lowest BCUT2D eigenvalue weighted by atomic mass is 10.1. The van der Waals surface area contributed by atoms with Crippen molar-refractivity contribution in [1.29, 1.82) is 0 Å². The van der Waals surface area contributed by atoms with Gasteiger partial charge in [0, 0.05) is 29.7 Å². The summed E-state index contributed by atoms with van der Waals surface area (Å²) in [6.07, 6.45) is 1.04. The highest BCUT2D eigenvalue weighted by Crippen LogP contribution is 2.16. The highest BCUT2D eigenvalue weighted by Gasteiger charge is 2.08. The molecule has 0 aliphatic rings. The molecule has 0 aromatic carbocycles. The molecule has 1 atom stereocenters. The smallest absolute Gasteiger partial charge is 0.136 e. The van der Waals surface area contributed by atoms with Gasteiger partial charge in [0.15, 0.2) is 0 Å². The van der Waals surface area contributed by atoms with Gasteiger partial charge in [-0.25, -0.2) is 4.98 Å². The molecule has 90 valence electrons. The van der Waals surface area contributed by atoms with Gasteiger partial charge >= 0.3 is 0 Å². The molecule has 0 radical (unpaired) electrons. The first-order valence-corrected chi connectivity index (χ1v) is 5.63. The van der Waals surface area contributed by atoms with Crippen molar-refractivity contribution >= 4 is 0 Å². The van der Waals surface area contributed by atoms with Crippen LogP contribution in [0.15, 0.2) is 30.5 Å². The molecule has 0 unspecified atom stereocenters. The Hall–Kier alpha value is -1.65. The van der Waals surface area contributed by atoms with E-state index in [0.29, 0.717) is 0 Å². The number of rotatable bonds is 3. The summed E-state index contributed by atoms with van der Waals surface area (Å²) in [5.41, 5.74) is 8.43. The fourth-order valence-electron chi connectivity index (χ4n) is 1.89. The van der Waals surface area contributed by atoms with E-state index >= 15 is 0 Å². The number of aliphatic hydroxyl groups excluding tert-OH is 1. The third-order valence-electron chi connectivity index (χ3n) is 2.88. The van der Waals surface area contributed by atoms with Crippen molar-refractivity contribution in [2.45, 2.75) is 20.0 Å². The second-order valence-corrected chi connectivity index (χ2v) is 4.15. The van der Waals surface area contributed by atoms with Gasteiger partial charge in [0.1, 0.15) is 5.82 Å². The summed E-state index contributed by atoms with van der Waals surface area (Å²) in [6, 6.07) is 7.87. The van der Waals surface area contributed by atoms with Crippen molar-refractivity contribution in [3.63, 3.8) is 0 Å². The minimum absolute atomic E-state index is 0.211. The molecule has 4 nitrogen and oxygen atoms in total. The number of nitrogens with two attached hydrogens (primary N) is 1. The van der Waals surface area contributed by atoms with Crippen LogP contribution in [0.1, 0.15) is 23.1 Å². The van der Waals surface area contributed by atoms with E-state index in [2.05, 4.69) is 21.7 Å². The summed E-state index contributed by atoms with van der Waals surface area (Å²) in [4.78, 5) is 4.36. The highest BCUT2D eigenvalue weighted by molar-refractivity contribution is 5.33. The molecule has 0 amide bonds. The Balaban J connectivity index is 2.36. The quantitative estimate of drug-likeness (QED) is 0.841. The Bertz CT molecular complexity index is 482. The van der Waals surface area contributed by atoms with E-state index in [0.717, 1.165) is 22.8 Å². The Kier molecular flexibility index (Phi) is 3.26. The Labute approximate surface area is 101 Å². The van der Waals surface area contributed by atoms with Crippen LogP contribution in [-0.4, -0.2) is 21.2 Å². The van der Waals surface area contributed by atoms with Gasteiger partial charge in [-0.1, -0.05) is 6.07 Å². The predicted octanol–water partition coefficient (Wildman–Crippen LogP) is 1.48. The lowest BCUT2D eigenvalue weighted by Gasteiger charge is -2.11. The van der Waals surface area contributed by atoms with Crippen LogP contribution in [-0.2, 0) is 0 Å². The summed E-state index contributed by atoms with van der Waals surface area (Å²) in [5, 5.41) is 9.59. The zero-order valence-electron chi connectivity index (χ0n) is 10.1. The summed E-state index contributed by atoms with van der Waals surface area (Å²) in [5.74, 6) is 0.859. The number of pyridine rings is 1. The largest absolute Gasteiger partial charge is 0.387 e. The average molecular weight is 231 g/mol. The summed E-state index contributed by atoms with van der Waals surface area (Å²) in [6.45, 7) is 4.29. The maximum Gasteiger partial charge on any atom is 0.136 e. The molecule has 0 aliphatic heterocycles. The Morgan fingerprint density at radius 3 is 2.35 bits per heavy atom. The standard InChI is InChI=1S/C13H17N3O/c1-9-3-4-10(2)16(9)13-6-5-11(8-15-13)12(17)7-14/h3-6,8,12,17H,7,14H2,1-2H3/t12-/m0/s1. The van der Waals surface area contributed by atoms with Gasteiger partial charge in [0.05, 0.1) is 6.10 Å². The summed E-state index contributed by atoms with van der Waals surface area (Å²) >= 11 is 0. The second-order valence-electron chi connectivity index (χ2n) is 4.15. The van der Waals surface area contributed by atoms with Gasteiger partial charge in [-0.15, -0.1) is 0 Å². The van der Waals surface area contributed by atoms with Crippen LogP contribution in [0.5, 0.6) is 0 Å². The first-order valence-electron chi connectivity index (χ1n) is 5.63. The average Bonchev–Trinajstić information content (AvgIpc) is 2.68. The maximum atomic E-state index is 9.59. The third-order valence-corrected chi connectivity index (χ3v) is 2.88. The van der Waals surface area contributed by atoms with Crippen LogP contribution < -0.4 is 5.73 Å². The number of hydrogen-bond acceptors (Lipinski definition) is 3. The van der Waals surface area contributed by atoms with E-state index < -0.39 is 6.10 Å². The zero-order valence-corrected chi connectivity index (χ0v) is 10.1. The molecule has 0 bridgehead atoms. The van der Waals surface area contributed by atoms with Crippen LogP contribution in [0.2, 0.25) is 0 Å². The summed E-state index contributed by atoms with van der Waals surface area (Å²) < 4.78 is 2.07. The van der Waals surface area contributed by atoms with Crippen LogP contribution in [0.3, 0.4) is 0 Å². The third kappa shape index (κ3) is 2.23. The monoisotopic (exact) mass is 231 g/mol. The van der Waals surface area contributed by atoms with Crippen LogP contribution in [0.4, 0.5) is 0 Å². The fourth-order valence-corrected chi connectivity index (χ4v) is 1.89. The van der Waals surface area contributed by atoms with E-state index in [-0.39, 0.29) is 6.54 Å². The molecule has 2 aromatic heterocycles. The number of hydrogen-bond donors (Lipinski definition) is 2. The van der Waals surface area contributed by atoms with Crippen molar-refractivity contribution in [1.82, 2.24) is 9.55 Å². The SMILES string of the molecule is Cc1ccc(C)n1-c1ccc([C@@H](O)CN)cn1. The van der Waals surface area contributed by atoms with Crippen molar-refractivity contribution in [3.8, 4) is 5.82 Å². The molecule has 2 rings (SSSR count). The van der Waals surface area contributed by atoms with E-state index in [1.807, 2.05) is 26.0 Å². The van der Waals surface area contributed by atoms with E-state index in [4.69, 9.17) is 5.73 Å². The number of aromatic nitrogens is 2.